The van der Waals surface area contributed by atoms with Crippen molar-refractivity contribution < 1.29 is 4.79 Å². The van der Waals surface area contributed by atoms with E-state index >= 15 is 0 Å². The number of hydrogen-bond donors (Lipinski definition) is 3. The monoisotopic (exact) mass is 455 g/mol. The summed E-state index contributed by atoms with van der Waals surface area (Å²) in [6.07, 6.45) is 14.8. The molecule has 0 bridgehead atoms. The van der Waals surface area contributed by atoms with Gasteiger partial charge in [-0.25, -0.2) is 9.78 Å². The number of nitrogens with one attached hydrogen (secondary N) is 3. The van der Waals surface area contributed by atoms with Crippen molar-refractivity contribution in [1.82, 2.24) is 9.97 Å². The van der Waals surface area contributed by atoms with Crippen LogP contribution in [-0.2, 0) is 6.42 Å². The first-order valence-corrected chi connectivity index (χ1v) is 12.4. The van der Waals surface area contributed by atoms with Gasteiger partial charge in [0.25, 0.3) is 5.56 Å². The van der Waals surface area contributed by atoms with Crippen LogP contribution in [0.25, 0.3) is 0 Å². The fraction of sp³-hybridized carbons (Fsp3) is 0.577. The molecule has 33 heavy (non-hydrogen) atoms. The van der Waals surface area contributed by atoms with Crippen molar-refractivity contribution >= 4 is 23.4 Å². The van der Waals surface area contributed by atoms with Crippen LogP contribution in [0.3, 0.4) is 0 Å². The molecule has 2 aromatic rings. The molecule has 0 unspecified atom stereocenters. The van der Waals surface area contributed by atoms with Gasteiger partial charge in [-0.1, -0.05) is 71.1 Å². The SMILES string of the molecule is CCCCCCCCCCCCCc1cc(=O)[nH]c(NC(=O)Nc2ccc(N(C)C)cc2)n1. The number of aromatic amines is 1. The van der Waals surface area contributed by atoms with E-state index in [9.17, 15) is 9.59 Å². The maximum absolute atomic E-state index is 12.3. The molecular weight excluding hydrogens is 414 g/mol. The molecule has 182 valence electrons. The standard InChI is InChI=1S/C26H41N5O2/c1-4-5-6-7-8-9-10-11-12-13-14-15-22-20-24(32)29-25(27-22)30-26(33)28-21-16-18-23(19-17-21)31(2)3/h16-20H,4-15H2,1-3H3,(H3,27,28,29,30,32,33). The molecule has 0 saturated carbocycles. The van der Waals surface area contributed by atoms with Crippen molar-refractivity contribution in [2.75, 3.05) is 29.6 Å². The minimum Gasteiger partial charge on any atom is -0.378 e. The van der Waals surface area contributed by atoms with Crippen LogP contribution in [0, 0.1) is 0 Å². The fourth-order valence-corrected chi connectivity index (χ4v) is 3.78. The molecular formula is C26H41N5O2. The summed E-state index contributed by atoms with van der Waals surface area (Å²) in [6.45, 7) is 2.25. The van der Waals surface area contributed by atoms with Gasteiger partial charge in [-0.05, 0) is 37.1 Å². The number of rotatable bonds is 15. The Morgan fingerprint density at radius 2 is 1.45 bits per heavy atom. The summed E-state index contributed by atoms with van der Waals surface area (Å²) >= 11 is 0. The minimum atomic E-state index is -0.442. The Morgan fingerprint density at radius 1 is 0.879 bits per heavy atom. The van der Waals surface area contributed by atoms with Gasteiger partial charge in [0, 0.05) is 37.2 Å². The van der Waals surface area contributed by atoms with E-state index < -0.39 is 6.03 Å². The maximum Gasteiger partial charge on any atom is 0.326 e. The summed E-state index contributed by atoms with van der Waals surface area (Å²) in [7, 11) is 3.92. The van der Waals surface area contributed by atoms with Gasteiger partial charge in [-0.2, -0.15) is 0 Å². The third-order valence-electron chi connectivity index (χ3n) is 5.70. The number of aromatic nitrogens is 2. The second-order valence-corrected chi connectivity index (χ2v) is 8.89. The Labute approximate surface area is 198 Å². The number of unbranched alkanes of at least 4 members (excludes halogenated alkanes) is 10. The van der Waals surface area contributed by atoms with Gasteiger partial charge >= 0.3 is 6.03 Å². The number of carbonyl (C=O) groups is 1. The average Bonchev–Trinajstić information content (AvgIpc) is 2.77. The summed E-state index contributed by atoms with van der Waals surface area (Å²) < 4.78 is 0. The number of H-pyrrole nitrogens is 1. The van der Waals surface area contributed by atoms with Crippen LogP contribution in [0.5, 0.6) is 0 Å². The van der Waals surface area contributed by atoms with Gasteiger partial charge in [-0.3, -0.25) is 15.1 Å². The highest BCUT2D eigenvalue weighted by Gasteiger charge is 2.07. The van der Waals surface area contributed by atoms with E-state index in [1.165, 1.54) is 63.9 Å². The number of benzene rings is 1. The molecule has 0 saturated heterocycles. The third kappa shape index (κ3) is 11.0. The molecule has 0 aliphatic carbocycles. The predicted molar refractivity (Wildman–Crippen MR) is 138 cm³/mol. The molecule has 1 aromatic carbocycles. The lowest BCUT2D eigenvalue weighted by Crippen LogP contribution is -2.23. The van der Waals surface area contributed by atoms with Crippen LogP contribution in [0.2, 0.25) is 0 Å². The van der Waals surface area contributed by atoms with E-state index in [-0.39, 0.29) is 11.5 Å². The van der Waals surface area contributed by atoms with Crippen LogP contribution in [0.1, 0.15) is 83.2 Å². The molecule has 1 heterocycles. The number of urea groups is 1. The van der Waals surface area contributed by atoms with Crippen molar-refractivity contribution in [3.05, 3.63) is 46.4 Å². The zero-order chi connectivity index (χ0) is 23.9. The Kier molecular flexibility index (Phi) is 12.1. The van der Waals surface area contributed by atoms with Crippen molar-refractivity contribution in [3.8, 4) is 0 Å². The largest absolute Gasteiger partial charge is 0.378 e. The van der Waals surface area contributed by atoms with Crippen LogP contribution < -0.4 is 21.1 Å². The lowest BCUT2D eigenvalue weighted by Gasteiger charge is -2.13. The highest BCUT2D eigenvalue weighted by Crippen LogP contribution is 2.16. The quantitative estimate of drug-likeness (QED) is 0.274. The number of amides is 2. The molecule has 0 spiro atoms. The molecule has 1 aromatic heterocycles. The molecule has 0 aliphatic heterocycles. The van der Waals surface area contributed by atoms with E-state index in [1.54, 1.807) is 0 Å². The summed E-state index contributed by atoms with van der Waals surface area (Å²) in [5, 5.41) is 5.38. The number of hydrogen-bond acceptors (Lipinski definition) is 4. The average molecular weight is 456 g/mol. The van der Waals surface area contributed by atoms with Gasteiger partial charge in [0.15, 0.2) is 0 Å². The molecule has 0 aliphatic rings. The second-order valence-electron chi connectivity index (χ2n) is 8.89. The molecule has 3 N–H and O–H groups in total. The molecule has 7 heteroatoms. The molecule has 2 amide bonds. The lowest BCUT2D eigenvalue weighted by atomic mass is 10.0. The Balaban J connectivity index is 1.68. The summed E-state index contributed by atoms with van der Waals surface area (Å²) in [6, 6.07) is 8.57. The first-order chi connectivity index (χ1) is 16.0. The summed E-state index contributed by atoms with van der Waals surface area (Å²) in [4.78, 5) is 33.2. The Bertz CT molecular complexity index is 877. The number of aryl methyl sites for hydroxylation is 1. The minimum absolute atomic E-state index is 0.169. The van der Waals surface area contributed by atoms with E-state index in [0.29, 0.717) is 11.4 Å². The van der Waals surface area contributed by atoms with Gasteiger partial charge in [-0.15, -0.1) is 0 Å². The number of anilines is 3. The van der Waals surface area contributed by atoms with Gasteiger partial charge in [0.1, 0.15) is 0 Å². The van der Waals surface area contributed by atoms with Gasteiger partial charge in [0.2, 0.25) is 5.95 Å². The molecule has 0 atom stereocenters. The zero-order valence-corrected chi connectivity index (χ0v) is 20.6. The maximum atomic E-state index is 12.3. The Morgan fingerprint density at radius 3 is 2.03 bits per heavy atom. The van der Waals surface area contributed by atoms with Crippen molar-refractivity contribution in [3.63, 3.8) is 0 Å². The van der Waals surface area contributed by atoms with Crippen LogP contribution in [0.4, 0.5) is 22.1 Å². The van der Waals surface area contributed by atoms with Crippen molar-refractivity contribution in [1.29, 1.82) is 0 Å². The lowest BCUT2D eigenvalue weighted by molar-refractivity contribution is 0.262. The van der Waals surface area contributed by atoms with Crippen molar-refractivity contribution in [2.45, 2.75) is 84.0 Å². The highest BCUT2D eigenvalue weighted by molar-refractivity contribution is 5.98. The topological polar surface area (TPSA) is 90.1 Å². The smallest absolute Gasteiger partial charge is 0.326 e. The van der Waals surface area contributed by atoms with E-state index in [4.69, 9.17) is 0 Å². The van der Waals surface area contributed by atoms with Crippen LogP contribution >= 0.6 is 0 Å². The van der Waals surface area contributed by atoms with Crippen LogP contribution in [-0.4, -0.2) is 30.1 Å². The molecule has 0 radical (unpaired) electrons. The normalized spacial score (nSPS) is 10.8. The summed E-state index contributed by atoms with van der Waals surface area (Å²) in [5.74, 6) is 0.169. The van der Waals surface area contributed by atoms with E-state index in [0.717, 1.165) is 24.9 Å². The highest BCUT2D eigenvalue weighted by atomic mass is 16.2. The fourth-order valence-electron chi connectivity index (χ4n) is 3.78. The van der Waals surface area contributed by atoms with E-state index in [2.05, 4.69) is 27.5 Å². The van der Waals surface area contributed by atoms with Crippen molar-refractivity contribution in [2.24, 2.45) is 0 Å². The van der Waals surface area contributed by atoms with Gasteiger partial charge in [0.05, 0.1) is 0 Å². The first kappa shape index (κ1) is 26.4. The first-order valence-electron chi connectivity index (χ1n) is 12.4. The zero-order valence-electron chi connectivity index (χ0n) is 20.6. The Hall–Kier alpha value is -2.83. The number of nitrogens with zero attached hydrogens (tertiary/aromatic N) is 2. The molecule has 0 fully saturated rings. The number of carbonyl (C=O) groups excluding carboxylic acids is 1. The molecule has 7 nitrogen and oxygen atoms in total. The third-order valence-corrected chi connectivity index (χ3v) is 5.70. The van der Waals surface area contributed by atoms with E-state index in [1.807, 2.05) is 43.3 Å². The van der Waals surface area contributed by atoms with Gasteiger partial charge < -0.3 is 10.2 Å². The summed E-state index contributed by atoms with van der Waals surface area (Å²) in [5.41, 5.74) is 2.16. The predicted octanol–water partition coefficient (Wildman–Crippen LogP) is 6.33. The van der Waals surface area contributed by atoms with Crippen LogP contribution in [0.15, 0.2) is 35.1 Å². The molecule has 2 rings (SSSR count). The second kappa shape index (κ2) is 15.1.